The second-order valence-electron chi connectivity index (χ2n) is 4.91. The van der Waals surface area contributed by atoms with E-state index < -0.39 is 45.8 Å². The van der Waals surface area contributed by atoms with Crippen LogP contribution in [0.25, 0.3) is 0 Å². The molecule has 0 spiro atoms. The normalized spacial score (nSPS) is 12.0. The minimum Gasteiger partial charge on any atom is -0.480 e. The van der Waals surface area contributed by atoms with Gasteiger partial charge in [-0.3, -0.25) is 14.9 Å². The number of nitro groups is 1. The minimum absolute atomic E-state index is 0.0641. The van der Waals surface area contributed by atoms with Gasteiger partial charge >= 0.3 is 5.97 Å². The number of benzene rings is 1. The van der Waals surface area contributed by atoms with Crippen molar-refractivity contribution in [3.8, 4) is 0 Å². The first kappa shape index (κ1) is 16.5. The number of nitrogens with one attached hydrogen (secondary N) is 1. The molecule has 0 radical (unpaired) electrons. The van der Waals surface area contributed by atoms with Gasteiger partial charge in [0.15, 0.2) is 0 Å². The number of nitrogens with zero attached hydrogens (tertiary/aromatic N) is 1. The third-order valence-corrected chi connectivity index (χ3v) is 2.91. The van der Waals surface area contributed by atoms with Gasteiger partial charge in [0.25, 0.3) is 11.6 Å². The van der Waals surface area contributed by atoms with Crippen LogP contribution in [0.15, 0.2) is 12.1 Å². The number of carbonyl (C=O) groups is 2. The molecule has 0 aromatic heterocycles. The molecule has 0 unspecified atom stereocenters. The largest absolute Gasteiger partial charge is 0.480 e. The molecule has 0 heterocycles. The number of hydrogen-bond donors (Lipinski definition) is 2. The number of aliphatic carboxylic acids is 1. The molecular weight excluding hydrogens is 283 g/mol. The fourth-order valence-corrected chi connectivity index (χ4v) is 1.75. The van der Waals surface area contributed by atoms with E-state index in [9.17, 15) is 24.1 Å². The van der Waals surface area contributed by atoms with Gasteiger partial charge < -0.3 is 10.4 Å². The van der Waals surface area contributed by atoms with Crippen LogP contribution in [-0.4, -0.2) is 27.9 Å². The molecule has 0 aliphatic carbocycles. The van der Waals surface area contributed by atoms with E-state index in [1.165, 1.54) is 6.92 Å². The zero-order valence-electron chi connectivity index (χ0n) is 11.7. The van der Waals surface area contributed by atoms with Crippen LogP contribution in [0.5, 0.6) is 0 Å². The Hall–Kier alpha value is -2.51. The molecule has 1 aromatic carbocycles. The Balaban J connectivity index is 3.18. The van der Waals surface area contributed by atoms with Crippen LogP contribution >= 0.6 is 0 Å². The number of nitro benzene ring substituents is 1. The van der Waals surface area contributed by atoms with Crippen molar-refractivity contribution in [2.45, 2.75) is 26.8 Å². The van der Waals surface area contributed by atoms with Gasteiger partial charge in [0.1, 0.15) is 11.9 Å². The lowest BCUT2D eigenvalue weighted by Gasteiger charge is -2.18. The third kappa shape index (κ3) is 3.74. The molecule has 114 valence electrons. The monoisotopic (exact) mass is 298 g/mol. The maximum atomic E-state index is 13.9. The standard InChI is InChI=1S/C13H15FN2O5/c1-6(2)11(13(18)19)15-12(17)9-5-8(16(20)21)4-7(3)10(9)14/h4-6,11H,1-3H3,(H,15,17)(H,18,19)/t11-/m1/s1. The molecule has 0 fully saturated rings. The number of aryl methyl sites for hydroxylation is 1. The molecule has 1 rings (SSSR count). The van der Waals surface area contributed by atoms with Crippen molar-refractivity contribution in [2.75, 3.05) is 0 Å². The van der Waals surface area contributed by atoms with Gasteiger partial charge in [-0.15, -0.1) is 0 Å². The number of amides is 1. The fraction of sp³-hybridized carbons (Fsp3) is 0.385. The highest BCUT2D eigenvalue weighted by atomic mass is 19.1. The smallest absolute Gasteiger partial charge is 0.326 e. The molecule has 0 aliphatic heterocycles. The van der Waals surface area contributed by atoms with Crippen LogP contribution in [0.2, 0.25) is 0 Å². The van der Waals surface area contributed by atoms with Crippen molar-refractivity contribution >= 4 is 17.6 Å². The van der Waals surface area contributed by atoms with Gasteiger partial charge in [-0.2, -0.15) is 0 Å². The highest BCUT2D eigenvalue weighted by Crippen LogP contribution is 2.21. The summed E-state index contributed by atoms with van der Waals surface area (Å²) in [6.45, 7) is 4.44. The molecule has 2 N–H and O–H groups in total. The predicted molar refractivity (Wildman–Crippen MR) is 71.5 cm³/mol. The summed E-state index contributed by atoms with van der Waals surface area (Å²) in [6, 6.07) is 0.580. The molecule has 21 heavy (non-hydrogen) atoms. The van der Waals surface area contributed by atoms with Gasteiger partial charge in [-0.05, 0) is 18.4 Å². The van der Waals surface area contributed by atoms with Crippen molar-refractivity contribution in [1.29, 1.82) is 0 Å². The topological polar surface area (TPSA) is 110 Å². The Morgan fingerprint density at radius 2 is 1.95 bits per heavy atom. The zero-order valence-corrected chi connectivity index (χ0v) is 11.7. The summed E-state index contributed by atoms with van der Waals surface area (Å²) in [7, 11) is 0. The second kappa shape index (κ2) is 6.29. The van der Waals surface area contributed by atoms with Crippen molar-refractivity contribution in [3.05, 3.63) is 39.2 Å². The van der Waals surface area contributed by atoms with E-state index in [-0.39, 0.29) is 5.56 Å². The van der Waals surface area contributed by atoms with Crippen molar-refractivity contribution < 1.29 is 24.0 Å². The molecule has 0 bridgehead atoms. The van der Waals surface area contributed by atoms with Gasteiger partial charge in [0.05, 0.1) is 10.5 Å². The first-order chi connectivity index (χ1) is 9.65. The Morgan fingerprint density at radius 3 is 2.38 bits per heavy atom. The van der Waals surface area contributed by atoms with E-state index in [1.54, 1.807) is 13.8 Å². The summed E-state index contributed by atoms with van der Waals surface area (Å²) < 4.78 is 13.9. The van der Waals surface area contributed by atoms with E-state index in [4.69, 9.17) is 5.11 Å². The molecule has 1 atom stereocenters. The predicted octanol–water partition coefficient (Wildman–Crippen LogP) is 1.88. The molecular formula is C13H15FN2O5. The average Bonchev–Trinajstić information content (AvgIpc) is 2.37. The number of carboxylic acid groups (broad SMARTS) is 1. The van der Waals surface area contributed by atoms with Crippen molar-refractivity contribution in [3.63, 3.8) is 0 Å². The highest BCUT2D eigenvalue weighted by molar-refractivity contribution is 5.97. The van der Waals surface area contributed by atoms with Crippen LogP contribution in [0, 0.1) is 28.8 Å². The van der Waals surface area contributed by atoms with Crippen LogP contribution in [0.3, 0.4) is 0 Å². The molecule has 1 amide bonds. The Labute approximate surface area is 119 Å². The van der Waals surface area contributed by atoms with Crippen LogP contribution in [-0.2, 0) is 4.79 Å². The maximum absolute atomic E-state index is 13.9. The molecule has 0 saturated heterocycles. The third-order valence-electron chi connectivity index (χ3n) is 2.91. The van der Waals surface area contributed by atoms with E-state index in [0.717, 1.165) is 12.1 Å². The molecule has 0 saturated carbocycles. The zero-order chi connectivity index (χ0) is 16.3. The number of halogens is 1. The highest BCUT2D eigenvalue weighted by Gasteiger charge is 2.27. The number of rotatable bonds is 5. The second-order valence-corrected chi connectivity index (χ2v) is 4.91. The summed E-state index contributed by atoms with van der Waals surface area (Å²) in [5.74, 6) is -3.60. The average molecular weight is 298 g/mol. The quantitative estimate of drug-likeness (QED) is 0.637. The summed E-state index contributed by atoms with van der Waals surface area (Å²) in [6.07, 6.45) is 0. The lowest BCUT2D eigenvalue weighted by Crippen LogP contribution is -2.44. The fourth-order valence-electron chi connectivity index (χ4n) is 1.75. The summed E-state index contributed by atoms with van der Waals surface area (Å²) in [4.78, 5) is 33.0. The lowest BCUT2D eigenvalue weighted by atomic mass is 10.0. The number of hydrogen-bond acceptors (Lipinski definition) is 4. The summed E-state index contributed by atoms with van der Waals surface area (Å²) >= 11 is 0. The van der Waals surface area contributed by atoms with Gasteiger partial charge in [-0.1, -0.05) is 13.8 Å². The molecule has 7 nitrogen and oxygen atoms in total. The molecule has 0 aliphatic rings. The Morgan fingerprint density at radius 1 is 1.38 bits per heavy atom. The Bertz CT molecular complexity index is 600. The maximum Gasteiger partial charge on any atom is 0.326 e. The number of non-ortho nitro benzene ring substituents is 1. The summed E-state index contributed by atoms with van der Waals surface area (Å²) in [5, 5.41) is 21.9. The van der Waals surface area contributed by atoms with Gasteiger partial charge in [0.2, 0.25) is 0 Å². The molecule has 8 heteroatoms. The Kier molecular flexibility index (Phi) is 4.96. The van der Waals surface area contributed by atoms with E-state index >= 15 is 0 Å². The van der Waals surface area contributed by atoms with Crippen LogP contribution in [0.1, 0.15) is 29.8 Å². The number of carboxylic acids is 1. The molecule has 1 aromatic rings. The summed E-state index contributed by atoms with van der Waals surface area (Å²) in [5.41, 5.74) is -1.05. The number of carbonyl (C=O) groups excluding carboxylic acids is 1. The van der Waals surface area contributed by atoms with E-state index in [2.05, 4.69) is 5.32 Å². The van der Waals surface area contributed by atoms with Crippen molar-refractivity contribution in [1.82, 2.24) is 5.32 Å². The van der Waals surface area contributed by atoms with Gasteiger partial charge in [0, 0.05) is 12.1 Å². The van der Waals surface area contributed by atoms with Crippen LogP contribution < -0.4 is 5.32 Å². The van der Waals surface area contributed by atoms with Gasteiger partial charge in [-0.25, -0.2) is 9.18 Å². The van der Waals surface area contributed by atoms with Crippen molar-refractivity contribution in [2.24, 2.45) is 5.92 Å². The van der Waals surface area contributed by atoms with E-state index in [0.29, 0.717) is 0 Å². The lowest BCUT2D eigenvalue weighted by molar-refractivity contribution is -0.385. The first-order valence-corrected chi connectivity index (χ1v) is 6.13. The SMILES string of the molecule is Cc1cc([N+](=O)[O-])cc(C(=O)N[C@@H](C(=O)O)C(C)C)c1F. The first-order valence-electron chi connectivity index (χ1n) is 6.13. The van der Waals surface area contributed by atoms with E-state index in [1.807, 2.05) is 0 Å². The van der Waals surface area contributed by atoms with Crippen LogP contribution in [0.4, 0.5) is 10.1 Å². The minimum atomic E-state index is -1.26.